The Morgan fingerprint density at radius 1 is 1.36 bits per heavy atom. The fourth-order valence-corrected chi connectivity index (χ4v) is 2.57. The van der Waals surface area contributed by atoms with E-state index in [0.717, 1.165) is 10.0 Å². The fourth-order valence-electron chi connectivity index (χ4n) is 2.17. The van der Waals surface area contributed by atoms with Gasteiger partial charge in [0.2, 0.25) is 0 Å². The Morgan fingerprint density at radius 2 is 2.16 bits per heavy atom. The van der Waals surface area contributed by atoms with Crippen LogP contribution in [0.1, 0.15) is 11.1 Å². The van der Waals surface area contributed by atoms with Crippen LogP contribution in [-0.2, 0) is 13.1 Å². The van der Waals surface area contributed by atoms with Crippen LogP contribution in [0.2, 0.25) is 0 Å². The lowest BCUT2D eigenvalue weighted by Gasteiger charge is -2.18. The number of carbonyl (C=O) groups excluding carboxylic acids is 1. The van der Waals surface area contributed by atoms with Crippen molar-refractivity contribution in [3.8, 4) is 11.8 Å². The second-order valence-corrected chi connectivity index (χ2v) is 6.26. The molecule has 0 unspecified atom stereocenters. The third-order valence-electron chi connectivity index (χ3n) is 3.41. The van der Waals surface area contributed by atoms with Crippen molar-refractivity contribution >= 4 is 22.0 Å². The van der Waals surface area contributed by atoms with Gasteiger partial charge in [0, 0.05) is 30.2 Å². The fraction of sp³-hybridized carbons (Fsp3) is 0.222. The van der Waals surface area contributed by atoms with Gasteiger partial charge >= 0.3 is 6.03 Å². The predicted molar refractivity (Wildman–Crippen MR) is 95.4 cm³/mol. The summed E-state index contributed by atoms with van der Waals surface area (Å²) in [4.78, 5) is 13.6. The maximum absolute atomic E-state index is 13.8. The minimum Gasteiger partial charge on any atom is -0.479 e. The highest BCUT2D eigenvalue weighted by atomic mass is 79.9. The van der Waals surface area contributed by atoms with Gasteiger partial charge in [0.15, 0.2) is 6.61 Å². The molecule has 0 saturated carbocycles. The third kappa shape index (κ3) is 5.76. The summed E-state index contributed by atoms with van der Waals surface area (Å²) in [6.07, 6.45) is 0. The predicted octanol–water partition coefficient (Wildman–Crippen LogP) is 3.83. The molecule has 0 fully saturated rings. The Bertz CT molecular complexity index is 792. The molecule has 0 saturated heterocycles. The number of hydrogen-bond acceptors (Lipinski definition) is 3. The highest BCUT2D eigenvalue weighted by Gasteiger charge is 2.12. The Hall–Kier alpha value is -2.59. The number of amides is 2. The van der Waals surface area contributed by atoms with Crippen molar-refractivity contribution in [2.24, 2.45) is 0 Å². The molecule has 7 heteroatoms. The molecule has 0 atom stereocenters. The van der Waals surface area contributed by atoms with Gasteiger partial charge in [-0.25, -0.2) is 9.18 Å². The van der Waals surface area contributed by atoms with Gasteiger partial charge in [-0.05, 0) is 35.9 Å². The molecular weight excluding hydrogens is 389 g/mol. The Labute approximate surface area is 154 Å². The summed E-state index contributed by atoms with van der Waals surface area (Å²) in [5.74, 6) is 0.211. The van der Waals surface area contributed by atoms with Crippen LogP contribution in [0.25, 0.3) is 0 Å². The molecule has 0 aliphatic carbocycles. The first-order valence-electron chi connectivity index (χ1n) is 7.51. The molecule has 2 amide bonds. The summed E-state index contributed by atoms with van der Waals surface area (Å²) < 4.78 is 19.8. The van der Waals surface area contributed by atoms with E-state index in [1.165, 1.54) is 11.0 Å². The maximum Gasteiger partial charge on any atom is 0.317 e. The molecule has 0 bridgehead atoms. The standard InChI is InChI=1S/C18H17BrFN3O2/c1-23(12-14-10-15(19)5-6-17(14)20)18(24)22-11-13-3-2-4-16(9-13)25-8-7-21/h2-6,9-10H,8,11-12H2,1H3,(H,22,24). The molecule has 2 aromatic carbocycles. The molecule has 130 valence electrons. The van der Waals surface area contributed by atoms with E-state index in [1.807, 2.05) is 12.1 Å². The van der Waals surface area contributed by atoms with Crippen molar-refractivity contribution in [1.82, 2.24) is 10.2 Å². The summed E-state index contributed by atoms with van der Waals surface area (Å²) in [5, 5.41) is 11.3. The molecule has 0 radical (unpaired) electrons. The number of urea groups is 1. The quantitative estimate of drug-likeness (QED) is 0.793. The summed E-state index contributed by atoms with van der Waals surface area (Å²) in [6.45, 7) is 0.424. The highest BCUT2D eigenvalue weighted by molar-refractivity contribution is 9.10. The summed E-state index contributed by atoms with van der Waals surface area (Å²) >= 11 is 3.29. The van der Waals surface area contributed by atoms with Crippen molar-refractivity contribution in [2.45, 2.75) is 13.1 Å². The van der Waals surface area contributed by atoms with E-state index in [2.05, 4.69) is 21.2 Å². The number of nitrogens with zero attached hydrogens (tertiary/aromatic N) is 2. The lowest BCUT2D eigenvalue weighted by molar-refractivity contribution is 0.206. The van der Waals surface area contributed by atoms with Crippen LogP contribution in [0.4, 0.5) is 9.18 Å². The van der Waals surface area contributed by atoms with E-state index in [0.29, 0.717) is 17.9 Å². The topological polar surface area (TPSA) is 65.4 Å². The molecule has 2 rings (SSSR count). The zero-order valence-corrected chi connectivity index (χ0v) is 15.2. The van der Waals surface area contributed by atoms with Crippen LogP contribution < -0.4 is 10.1 Å². The van der Waals surface area contributed by atoms with Crippen molar-refractivity contribution in [3.63, 3.8) is 0 Å². The Morgan fingerprint density at radius 3 is 2.92 bits per heavy atom. The van der Waals surface area contributed by atoms with Crippen molar-refractivity contribution in [1.29, 1.82) is 5.26 Å². The Balaban J connectivity index is 1.91. The molecule has 5 nitrogen and oxygen atoms in total. The van der Waals surface area contributed by atoms with Crippen molar-refractivity contribution in [3.05, 3.63) is 63.9 Å². The van der Waals surface area contributed by atoms with Gasteiger partial charge in [-0.3, -0.25) is 0 Å². The zero-order chi connectivity index (χ0) is 18.2. The largest absolute Gasteiger partial charge is 0.479 e. The number of carbonyl (C=O) groups is 1. The highest BCUT2D eigenvalue weighted by Crippen LogP contribution is 2.17. The van der Waals surface area contributed by atoms with E-state index >= 15 is 0 Å². The number of ether oxygens (including phenoxy) is 1. The molecule has 0 aliphatic heterocycles. The SMILES string of the molecule is CN(Cc1cc(Br)ccc1F)C(=O)NCc1cccc(OCC#N)c1. The lowest BCUT2D eigenvalue weighted by Crippen LogP contribution is -2.36. The minimum absolute atomic E-state index is 0.0310. The lowest BCUT2D eigenvalue weighted by atomic mass is 10.2. The number of nitriles is 1. The molecule has 0 aromatic heterocycles. The number of hydrogen-bond donors (Lipinski definition) is 1. The number of benzene rings is 2. The number of halogens is 2. The van der Waals surface area contributed by atoms with E-state index in [1.54, 1.807) is 37.4 Å². The summed E-state index contributed by atoms with van der Waals surface area (Å²) in [7, 11) is 1.60. The van der Waals surface area contributed by atoms with Gasteiger partial charge in [-0.15, -0.1) is 0 Å². The van der Waals surface area contributed by atoms with Crippen molar-refractivity contribution < 1.29 is 13.9 Å². The van der Waals surface area contributed by atoms with Gasteiger partial charge in [0.25, 0.3) is 0 Å². The van der Waals surface area contributed by atoms with Gasteiger partial charge in [-0.2, -0.15) is 5.26 Å². The molecule has 25 heavy (non-hydrogen) atoms. The molecular formula is C18H17BrFN3O2. The van der Waals surface area contributed by atoms with E-state index in [4.69, 9.17) is 10.00 Å². The van der Waals surface area contributed by atoms with E-state index < -0.39 is 0 Å². The molecule has 2 aromatic rings. The average molecular weight is 406 g/mol. The second kappa shape index (κ2) is 9.04. The van der Waals surface area contributed by atoms with Gasteiger partial charge < -0.3 is 15.0 Å². The second-order valence-electron chi connectivity index (χ2n) is 5.34. The van der Waals surface area contributed by atoms with E-state index in [9.17, 15) is 9.18 Å². The normalized spacial score (nSPS) is 10.0. The Kier molecular flexibility index (Phi) is 6.78. The molecule has 0 spiro atoms. The van der Waals surface area contributed by atoms with Gasteiger partial charge in [0.05, 0.1) is 0 Å². The van der Waals surface area contributed by atoms with Gasteiger partial charge in [0.1, 0.15) is 17.6 Å². The molecule has 1 N–H and O–H groups in total. The number of nitrogens with one attached hydrogen (secondary N) is 1. The first-order chi connectivity index (χ1) is 12.0. The number of rotatable bonds is 6. The first kappa shape index (κ1) is 18.7. The third-order valence-corrected chi connectivity index (χ3v) is 3.90. The van der Waals surface area contributed by atoms with Gasteiger partial charge in [-0.1, -0.05) is 28.1 Å². The van der Waals surface area contributed by atoms with Crippen molar-refractivity contribution in [2.75, 3.05) is 13.7 Å². The smallest absolute Gasteiger partial charge is 0.317 e. The van der Waals surface area contributed by atoms with Crippen LogP contribution >= 0.6 is 15.9 Å². The monoisotopic (exact) mass is 405 g/mol. The zero-order valence-electron chi connectivity index (χ0n) is 13.6. The summed E-state index contributed by atoms with van der Waals surface area (Å²) in [6, 6.07) is 13.3. The first-order valence-corrected chi connectivity index (χ1v) is 8.30. The van der Waals surface area contributed by atoms with Crippen LogP contribution in [0, 0.1) is 17.1 Å². The minimum atomic E-state index is -0.356. The molecule has 0 heterocycles. The van der Waals surface area contributed by atoms with E-state index in [-0.39, 0.29) is 25.0 Å². The van der Waals surface area contributed by atoms with Crippen LogP contribution in [0.15, 0.2) is 46.9 Å². The van der Waals surface area contributed by atoms with Crippen LogP contribution in [0.3, 0.4) is 0 Å². The molecule has 0 aliphatic rings. The average Bonchev–Trinajstić information content (AvgIpc) is 2.61. The maximum atomic E-state index is 13.8. The summed E-state index contributed by atoms with van der Waals surface area (Å²) in [5.41, 5.74) is 1.27. The van der Waals surface area contributed by atoms with Crippen LogP contribution in [0.5, 0.6) is 5.75 Å². The van der Waals surface area contributed by atoms with Crippen LogP contribution in [-0.4, -0.2) is 24.6 Å².